The Kier molecular flexibility index (Phi) is 3.19. The number of aromatic nitrogens is 3. The largest absolute Gasteiger partial charge is 0.513 e. The van der Waals surface area contributed by atoms with E-state index < -0.39 is 0 Å². The first kappa shape index (κ1) is 9.44. The summed E-state index contributed by atoms with van der Waals surface area (Å²) in [7, 11) is 0. The van der Waals surface area contributed by atoms with Crippen molar-refractivity contribution in [3.05, 3.63) is 24.2 Å². The molecule has 0 saturated carbocycles. The second kappa shape index (κ2) is 4.39. The first-order valence-corrected chi connectivity index (χ1v) is 4.02. The molecular weight excluding hydrogens is 168 g/mol. The van der Waals surface area contributed by atoms with E-state index in [1.807, 2.05) is 0 Å². The molecule has 70 valence electrons. The van der Waals surface area contributed by atoms with Gasteiger partial charge >= 0.3 is 0 Å². The van der Waals surface area contributed by atoms with E-state index in [1.54, 1.807) is 19.2 Å². The Morgan fingerprint density at radius 3 is 2.92 bits per heavy atom. The van der Waals surface area contributed by atoms with Gasteiger partial charge in [0, 0.05) is 12.8 Å². The Bertz CT molecular complexity index is 302. The molecule has 13 heavy (non-hydrogen) atoms. The molecule has 2 N–H and O–H groups in total. The highest BCUT2D eigenvalue weighted by atomic mass is 16.3. The zero-order chi connectivity index (χ0) is 9.68. The molecule has 0 saturated heterocycles. The van der Waals surface area contributed by atoms with Crippen LogP contribution >= 0.6 is 0 Å². The third kappa shape index (κ3) is 2.70. The van der Waals surface area contributed by atoms with Crippen LogP contribution in [-0.4, -0.2) is 25.9 Å². The Morgan fingerprint density at radius 1 is 1.62 bits per heavy atom. The van der Waals surface area contributed by atoms with Gasteiger partial charge in [0.05, 0.1) is 18.2 Å². The van der Waals surface area contributed by atoms with Crippen LogP contribution in [0, 0.1) is 5.41 Å². The summed E-state index contributed by atoms with van der Waals surface area (Å²) in [5.74, 6) is 0.621. The van der Waals surface area contributed by atoms with E-state index in [0.29, 0.717) is 24.4 Å². The van der Waals surface area contributed by atoms with Crippen molar-refractivity contribution in [1.29, 1.82) is 5.41 Å². The number of aliphatic hydroxyl groups excluding tert-OH is 1. The highest BCUT2D eigenvalue weighted by molar-refractivity contribution is 5.80. The van der Waals surface area contributed by atoms with Crippen molar-refractivity contribution in [1.82, 2.24) is 15.0 Å². The second-order valence-electron chi connectivity index (χ2n) is 2.57. The zero-order valence-corrected chi connectivity index (χ0v) is 7.44. The Labute approximate surface area is 76.2 Å². The van der Waals surface area contributed by atoms with Gasteiger partial charge in [-0.1, -0.05) is 5.21 Å². The van der Waals surface area contributed by atoms with E-state index in [9.17, 15) is 0 Å². The van der Waals surface area contributed by atoms with Crippen LogP contribution in [0.3, 0.4) is 0 Å². The number of aliphatic hydroxyl groups is 1. The summed E-state index contributed by atoms with van der Waals surface area (Å²) in [5, 5.41) is 23.9. The van der Waals surface area contributed by atoms with Crippen molar-refractivity contribution in [3.8, 4) is 0 Å². The normalized spacial score (nSPS) is 11.6. The molecule has 1 heterocycles. The quantitative estimate of drug-likeness (QED) is 0.419. The van der Waals surface area contributed by atoms with Crippen molar-refractivity contribution < 1.29 is 5.11 Å². The van der Waals surface area contributed by atoms with E-state index in [-0.39, 0.29) is 0 Å². The van der Waals surface area contributed by atoms with Gasteiger partial charge in [-0.05, 0) is 13.0 Å². The molecule has 0 spiro atoms. The van der Waals surface area contributed by atoms with E-state index in [4.69, 9.17) is 10.5 Å². The van der Waals surface area contributed by atoms with Crippen molar-refractivity contribution >= 4 is 5.84 Å². The van der Waals surface area contributed by atoms with Crippen LogP contribution < -0.4 is 0 Å². The minimum Gasteiger partial charge on any atom is -0.513 e. The molecule has 0 amide bonds. The fourth-order valence-corrected chi connectivity index (χ4v) is 0.858. The molecular formula is C8H12N4O. The third-order valence-corrected chi connectivity index (χ3v) is 1.65. The maximum atomic E-state index is 9.12. The van der Waals surface area contributed by atoms with Crippen molar-refractivity contribution in [2.75, 3.05) is 0 Å². The summed E-state index contributed by atoms with van der Waals surface area (Å²) < 4.78 is 1.38. The minimum atomic E-state index is 0.296. The lowest BCUT2D eigenvalue weighted by Crippen LogP contribution is -2.11. The smallest absolute Gasteiger partial charge is 0.124 e. The average Bonchev–Trinajstić information content (AvgIpc) is 2.66. The summed E-state index contributed by atoms with van der Waals surface area (Å²) in [4.78, 5) is 0. The summed E-state index contributed by atoms with van der Waals surface area (Å²) in [6, 6.07) is 0. The molecule has 5 heteroatoms. The van der Waals surface area contributed by atoms with E-state index >= 15 is 0 Å². The molecule has 1 aromatic heterocycles. The molecule has 1 rings (SSSR count). The van der Waals surface area contributed by atoms with Crippen molar-refractivity contribution in [3.63, 3.8) is 0 Å². The Balaban J connectivity index is 2.44. The first-order valence-electron chi connectivity index (χ1n) is 4.02. The van der Waals surface area contributed by atoms with Gasteiger partial charge in [0.25, 0.3) is 0 Å². The zero-order valence-electron chi connectivity index (χ0n) is 7.44. The standard InChI is InChI=1S/C8H12N4O/c1-2-7(13)3-4-8(9)12-6-5-10-11-12/h2,5-6,9,13H,3-4H2,1H3/b7-2+,9-8?. The molecule has 0 aliphatic rings. The molecule has 0 fully saturated rings. The fraction of sp³-hybridized carbons (Fsp3) is 0.375. The first-order chi connectivity index (χ1) is 6.24. The van der Waals surface area contributed by atoms with Crippen molar-refractivity contribution in [2.24, 2.45) is 0 Å². The van der Waals surface area contributed by atoms with Gasteiger partial charge in [0.2, 0.25) is 0 Å². The van der Waals surface area contributed by atoms with Gasteiger partial charge < -0.3 is 5.11 Å². The predicted octanol–water partition coefficient (Wildman–Crippen LogP) is 1.35. The molecule has 0 unspecified atom stereocenters. The van der Waals surface area contributed by atoms with Gasteiger partial charge in [-0.25, -0.2) is 4.68 Å². The molecule has 0 aliphatic heterocycles. The van der Waals surface area contributed by atoms with Crippen LogP contribution in [0.1, 0.15) is 19.8 Å². The molecule has 0 atom stereocenters. The molecule has 0 radical (unpaired) electrons. The van der Waals surface area contributed by atoms with Crippen LogP contribution in [0.25, 0.3) is 0 Å². The highest BCUT2D eigenvalue weighted by Crippen LogP contribution is 2.01. The Hall–Kier alpha value is -1.65. The number of hydrogen-bond donors (Lipinski definition) is 2. The van der Waals surface area contributed by atoms with Crippen molar-refractivity contribution in [2.45, 2.75) is 19.8 Å². The van der Waals surface area contributed by atoms with Crippen LogP contribution in [0.5, 0.6) is 0 Å². The molecule has 0 bridgehead atoms. The summed E-state index contributed by atoms with van der Waals surface area (Å²) in [5.41, 5.74) is 0. The van der Waals surface area contributed by atoms with Gasteiger partial charge in [0.15, 0.2) is 0 Å². The number of hydrogen-bond acceptors (Lipinski definition) is 4. The number of nitrogens with zero attached hydrogens (tertiary/aromatic N) is 3. The summed E-state index contributed by atoms with van der Waals surface area (Å²) in [6.45, 7) is 1.76. The number of nitrogens with one attached hydrogen (secondary N) is 1. The Morgan fingerprint density at radius 2 is 2.38 bits per heavy atom. The van der Waals surface area contributed by atoms with Gasteiger partial charge in [-0.3, -0.25) is 5.41 Å². The average molecular weight is 180 g/mol. The van der Waals surface area contributed by atoms with Gasteiger partial charge in [-0.15, -0.1) is 5.10 Å². The molecule has 1 aromatic rings. The molecule has 5 nitrogen and oxygen atoms in total. The monoisotopic (exact) mass is 180 g/mol. The summed E-state index contributed by atoms with van der Waals surface area (Å²) >= 11 is 0. The molecule has 0 aliphatic carbocycles. The topological polar surface area (TPSA) is 74.8 Å². The summed E-state index contributed by atoms with van der Waals surface area (Å²) in [6.07, 6.45) is 5.67. The maximum Gasteiger partial charge on any atom is 0.124 e. The van der Waals surface area contributed by atoms with Gasteiger partial charge in [0.1, 0.15) is 5.84 Å². The van der Waals surface area contributed by atoms with E-state index in [1.165, 1.54) is 10.9 Å². The predicted molar refractivity (Wildman–Crippen MR) is 48.8 cm³/mol. The lowest BCUT2D eigenvalue weighted by atomic mass is 10.2. The number of allylic oxidation sites excluding steroid dienone is 2. The lowest BCUT2D eigenvalue weighted by molar-refractivity contribution is 0.389. The minimum absolute atomic E-state index is 0.296. The van der Waals surface area contributed by atoms with Crippen LogP contribution in [0.4, 0.5) is 0 Å². The van der Waals surface area contributed by atoms with Crippen LogP contribution in [0.2, 0.25) is 0 Å². The number of rotatable bonds is 3. The van der Waals surface area contributed by atoms with E-state index in [0.717, 1.165) is 0 Å². The maximum absolute atomic E-state index is 9.12. The van der Waals surface area contributed by atoms with E-state index in [2.05, 4.69) is 10.3 Å². The van der Waals surface area contributed by atoms with Crippen LogP contribution in [-0.2, 0) is 0 Å². The lowest BCUT2D eigenvalue weighted by Gasteiger charge is -2.01. The SMILES string of the molecule is C/C=C(/O)CCC(=N)n1ccnn1. The molecule has 0 aromatic carbocycles. The highest BCUT2D eigenvalue weighted by Gasteiger charge is 2.01. The third-order valence-electron chi connectivity index (χ3n) is 1.65. The van der Waals surface area contributed by atoms with Gasteiger partial charge in [-0.2, -0.15) is 0 Å². The van der Waals surface area contributed by atoms with Crippen LogP contribution in [0.15, 0.2) is 24.2 Å². The second-order valence-corrected chi connectivity index (χ2v) is 2.57. The fourth-order valence-electron chi connectivity index (χ4n) is 0.858.